The smallest absolute Gasteiger partial charge is 0.317 e. The summed E-state index contributed by atoms with van der Waals surface area (Å²) in [6.45, 7) is 5.66. The van der Waals surface area contributed by atoms with Crippen molar-refractivity contribution >= 4 is 0 Å². The Morgan fingerprint density at radius 1 is 0.781 bits per heavy atom. The van der Waals surface area contributed by atoms with Crippen LogP contribution in [0.1, 0.15) is 54.5 Å². The van der Waals surface area contributed by atoms with Gasteiger partial charge in [-0.2, -0.15) is 13.2 Å². The third-order valence-electron chi connectivity index (χ3n) is 5.84. The Kier molecular flexibility index (Phi) is 6.75. The van der Waals surface area contributed by atoms with E-state index in [1.165, 1.54) is 12.1 Å². The molecule has 2 atom stereocenters. The average molecular weight is 447 g/mol. The molecule has 1 nitrogen and oxygen atoms in total. The highest BCUT2D eigenvalue weighted by molar-refractivity contribution is 5.46. The quantitative estimate of drug-likeness (QED) is 0.398. The molecule has 3 aromatic rings. The summed E-state index contributed by atoms with van der Waals surface area (Å²) in [5.74, 6) is -1.82. The molecule has 0 aromatic heterocycles. The van der Waals surface area contributed by atoms with Gasteiger partial charge in [0.25, 0.3) is 0 Å². The number of rotatable bonds is 6. The third kappa shape index (κ3) is 4.85. The maximum Gasteiger partial charge on any atom is 0.416 e. The van der Waals surface area contributed by atoms with Crippen molar-refractivity contribution in [3.8, 4) is 0 Å². The average Bonchev–Trinajstić information content (AvgIpc) is 2.73. The fourth-order valence-corrected chi connectivity index (χ4v) is 4.09. The van der Waals surface area contributed by atoms with Gasteiger partial charge in [-0.25, -0.2) is 8.78 Å². The summed E-state index contributed by atoms with van der Waals surface area (Å²) in [6.07, 6.45) is -4.30. The van der Waals surface area contributed by atoms with E-state index in [9.17, 15) is 22.0 Å². The highest BCUT2D eigenvalue weighted by Gasteiger charge is 2.40. The fraction of sp³-hybridized carbons (Fsp3) is 0.308. The molecule has 0 saturated heterocycles. The first kappa shape index (κ1) is 23.9. The molecule has 0 radical (unpaired) electrons. The molecular formula is C26H26F5N. The molecule has 0 amide bonds. The van der Waals surface area contributed by atoms with Crippen molar-refractivity contribution in [3.05, 3.63) is 106 Å². The number of alkyl halides is 3. The number of benzene rings is 3. The Bertz CT molecular complexity index is 1080. The van der Waals surface area contributed by atoms with E-state index in [-0.39, 0.29) is 11.5 Å². The Balaban J connectivity index is 2.28. The zero-order valence-electron chi connectivity index (χ0n) is 18.2. The van der Waals surface area contributed by atoms with Crippen molar-refractivity contribution < 1.29 is 22.0 Å². The van der Waals surface area contributed by atoms with E-state index in [2.05, 4.69) is 0 Å². The minimum atomic E-state index is -4.74. The number of halogens is 5. The van der Waals surface area contributed by atoms with Gasteiger partial charge in [-0.05, 0) is 58.9 Å². The van der Waals surface area contributed by atoms with Crippen molar-refractivity contribution in [2.24, 2.45) is 11.7 Å². The highest BCUT2D eigenvalue weighted by atomic mass is 19.4. The minimum absolute atomic E-state index is 0.0247. The summed E-state index contributed by atoms with van der Waals surface area (Å²) in [7, 11) is 0. The summed E-state index contributed by atoms with van der Waals surface area (Å²) in [4.78, 5) is 0. The lowest BCUT2D eigenvalue weighted by atomic mass is 9.71. The van der Waals surface area contributed by atoms with Crippen LogP contribution < -0.4 is 5.73 Å². The molecule has 0 spiro atoms. The zero-order valence-corrected chi connectivity index (χ0v) is 18.2. The summed E-state index contributed by atoms with van der Waals surface area (Å²) >= 11 is 0. The van der Waals surface area contributed by atoms with Gasteiger partial charge in [-0.3, -0.25) is 0 Å². The molecule has 0 aliphatic heterocycles. The zero-order chi connectivity index (χ0) is 23.7. The van der Waals surface area contributed by atoms with Gasteiger partial charge < -0.3 is 5.73 Å². The van der Waals surface area contributed by atoms with Gasteiger partial charge in [0, 0.05) is 5.92 Å². The Morgan fingerprint density at radius 2 is 1.41 bits per heavy atom. The molecule has 6 heteroatoms. The second-order valence-electron chi connectivity index (χ2n) is 8.63. The molecule has 0 saturated carbocycles. The van der Waals surface area contributed by atoms with Crippen molar-refractivity contribution in [3.63, 3.8) is 0 Å². The van der Waals surface area contributed by atoms with Gasteiger partial charge >= 0.3 is 6.18 Å². The van der Waals surface area contributed by atoms with Gasteiger partial charge in [0.05, 0.1) is 11.1 Å². The van der Waals surface area contributed by atoms with Crippen LogP contribution in [0.4, 0.5) is 22.0 Å². The maximum atomic E-state index is 14.5. The summed E-state index contributed by atoms with van der Waals surface area (Å²) in [6, 6.07) is 15.7. The van der Waals surface area contributed by atoms with E-state index in [1.807, 2.05) is 32.0 Å². The molecular weight excluding hydrogens is 421 g/mol. The van der Waals surface area contributed by atoms with E-state index in [0.717, 1.165) is 17.7 Å². The van der Waals surface area contributed by atoms with E-state index in [4.69, 9.17) is 5.73 Å². The minimum Gasteiger partial charge on any atom is -0.317 e. The van der Waals surface area contributed by atoms with Gasteiger partial charge in [0.15, 0.2) is 0 Å². The second kappa shape index (κ2) is 9.02. The SMILES string of the molecule is CC(C)Cc1cc([C@@](N)(c2cc(F)cc(C(F)(F)F)c2)[C@@H](C)c2ccccc2)ccc1F. The molecule has 3 aromatic carbocycles. The maximum absolute atomic E-state index is 14.5. The van der Waals surface area contributed by atoms with E-state index in [1.54, 1.807) is 25.1 Å². The van der Waals surface area contributed by atoms with Crippen LogP contribution in [0.25, 0.3) is 0 Å². The molecule has 0 aliphatic carbocycles. The molecule has 0 fully saturated rings. The standard InChI is InChI=1S/C26H26F5N/c1-16(2)11-19-12-20(9-10-24(19)28)25(32,17(3)18-7-5-4-6-8-18)21-13-22(26(29,30)31)15-23(27)14-21/h4-10,12-17H,11,32H2,1-3H3/t17-,25+/m0/s1. The largest absolute Gasteiger partial charge is 0.416 e. The lowest BCUT2D eigenvalue weighted by Crippen LogP contribution is -2.43. The second-order valence-corrected chi connectivity index (χ2v) is 8.63. The van der Waals surface area contributed by atoms with E-state index >= 15 is 0 Å². The van der Waals surface area contributed by atoms with Crippen molar-refractivity contribution in [2.45, 2.75) is 44.8 Å². The van der Waals surface area contributed by atoms with Crippen molar-refractivity contribution in [1.29, 1.82) is 0 Å². The van der Waals surface area contributed by atoms with Gasteiger partial charge in [-0.15, -0.1) is 0 Å². The van der Waals surface area contributed by atoms with E-state index < -0.39 is 34.8 Å². The molecule has 0 aliphatic rings. The highest BCUT2D eigenvalue weighted by Crippen LogP contribution is 2.43. The van der Waals surface area contributed by atoms with E-state index in [0.29, 0.717) is 23.6 Å². The van der Waals surface area contributed by atoms with Gasteiger partial charge in [0.2, 0.25) is 0 Å². The molecule has 2 N–H and O–H groups in total. The lowest BCUT2D eigenvalue weighted by Gasteiger charge is -2.38. The summed E-state index contributed by atoms with van der Waals surface area (Å²) in [5.41, 5.74) is 5.81. The van der Waals surface area contributed by atoms with Crippen LogP contribution in [0.15, 0.2) is 66.7 Å². The fourth-order valence-electron chi connectivity index (χ4n) is 4.09. The number of hydrogen-bond acceptors (Lipinski definition) is 1. The predicted molar refractivity (Wildman–Crippen MR) is 116 cm³/mol. The van der Waals surface area contributed by atoms with Crippen LogP contribution in [0.3, 0.4) is 0 Å². The van der Waals surface area contributed by atoms with Crippen LogP contribution in [0, 0.1) is 17.6 Å². The first-order chi connectivity index (χ1) is 14.9. The Morgan fingerprint density at radius 3 is 2.00 bits per heavy atom. The molecule has 0 heterocycles. The predicted octanol–water partition coefficient (Wildman–Crippen LogP) is 7.19. The molecule has 0 unspecified atom stereocenters. The van der Waals surface area contributed by atoms with Crippen LogP contribution in [-0.4, -0.2) is 0 Å². The monoisotopic (exact) mass is 447 g/mol. The van der Waals surface area contributed by atoms with Gasteiger partial charge in [-0.1, -0.05) is 63.2 Å². The van der Waals surface area contributed by atoms with Gasteiger partial charge in [0.1, 0.15) is 11.6 Å². The Labute approximate surface area is 185 Å². The summed E-state index contributed by atoms with van der Waals surface area (Å²) in [5, 5.41) is 0. The molecule has 32 heavy (non-hydrogen) atoms. The van der Waals surface area contributed by atoms with Crippen molar-refractivity contribution in [2.75, 3.05) is 0 Å². The number of hydrogen-bond donors (Lipinski definition) is 1. The normalized spacial score (nSPS) is 14.9. The lowest BCUT2D eigenvalue weighted by molar-refractivity contribution is -0.137. The van der Waals surface area contributed by atoms with Crippen LogP contribution >= 0.6 is 0 Å². The molecule has 170 valence electrons. The van der Waals surface area contributed by atoms with Crippen molar-refractivity contribution in [1.82, 2.24) is 0 Å². The summed E-state index contributed by atoms with van der Waals surface area (Å²) < 4.78 is 69.2. The topological polar surface area (TPSA) is 26.0 Å². The number of nitrogens with two attached hydrogens (primary N) is 1. The van der Waals surface area contributed by atoms with Crippen LogP contribution in [-0.2, 0) is 18.1 Å². The van der Waals surface area contributed by atoms with Crippen LogP contribution in [0.5, 0.6) is 0 Å². The first-order valence-electron chi connectivity index (χ1n) is 10.4. The Hall–Kier alpha value is -2.73. The molecule has 0 bridgehead atoms. The first-order valence-corrected chi connectivity index (χ1v) is 10.4. The molecule has 3 rings (SSSR count). The van der Waals surface area contributed by atoms with Crippen LogP contribution in [0.2, 0.25) is 0 Å². The third-order valence-corrected chi connectivity index (χ3v) is 5.84.